The molecular formula is C12H10N3O3S+. The van der Waals surface area contributed by atoms with Gasteiger partial charge in [0.15, 0.2) is 4.98 Å². The summed E-state index contributed by atoms with van der Waals surface area (Å²) in [5.41, 5.74) is 0.537. The van der Waals surface area contributed by atoms with E-state index in [9.17, 15) is 13.0 Å². The molecule has 0 aliphatic rings. The molecule has 0 saturated heterocycles. The quantitative estimate of drug-likeness (QED) is 0.663. The van der Waals surface area contributed by atoms with E-state index in [4.69, 9.17) is 5.39 Å². The van der Waals surface area contributed by atoms with Gasteiger partial charge in [-0.15, -0.1) is 0 Å². The second-order valence-electron chi connectivity index (χ2n) is 3.72. The van der Waals surface area contributed by atoms with Gasteiger partial charge in [-0.1, -0.05) is 24.3 Å². The third-order valence-corrected chi connectivity index (χ3v) is 3.36. The molecule has 2 aromatic carbocycles. The highest BCUT2D eigenvalue weighted by Crippen LogP contribution is 2.33. The third kappa shape index (κ3) is 2.88. The van der Waals surface area contributed by atoms with Gasteiger partial charge in [0.25, 0.3) is 0 Å². The van der Waals surface area contributed by atoms with Crippen molar-refractivity contribution < 1.29 is 13.0 Å². The summed E-state index contributed by atoms with van der Waals surface area (Å²) in [6, 6.07) is 13.1. The van der Waals surface area contributed by atoms with Crippen molar-refractivity contribution in [2.75, 3.05) is 5.32 Å². The SMILES string of the molecule is N#[N+]c1cccc(Nc2ccccc2)c1S(=O)(=O)O. The van der Waals surface area contributed by atoms with Gasteiger partial charge in [-0.25, -0.2) is 0 Å². The zero-order valence-electron chi connectivity index (χ0n) is 9.69. The molecule has 0 atom stereocenters. The fraction of sp³-hybridized carbons (Fsp3) is 0. The molecule has 2 aromatic rings. The van der Waals surface area contributed by atoms with Gasteiger partial charge in [0, 0.05) is 11.8 Å². The number of anilines is 2. The maximum absolute atomic E-state index is 11.4. The van der Waals surface area contributed by atoms with Crippen LogP contribution in [0.5, 0.6) is 0 Å². The molecule has 0 saturated carbocycles. The van der Waals surface area contributed by atoms with E-state index in [1.807, 2.05) is 6.07 Å². The summed E-state index contributed by atoms with van der Waals surface area (Å²) in [6.45, 7) is 0. The van der Waals surface area contributed by atoms with Gasteiger partial charge in [-0.2, -0.15) is 8.42 Å². The van der Waals surface area contributed by atoms with Crippen molar-refractivity contribution in [1.82, 2.24) is 0 Å². The molecule has 0 amide bonds. The average Bonchev–Trinajstić information content (AvgIpc) is 2.38. The molecule has 0 aliphatic heterocycles. The summed E-state index contributed by atoms with van der Waals surface area (Å²) in [5.74, 6) is 0. The minimum absolute atomic E-state index is 0.129. The van der Waals surface area contributed by atoms with E-state index >= 15 is 0 Å². The maximum atomic E-state index is 11.4. The lowest BCUT2D eigenvalue weighted by molar-refractivity contribution is 0.484. The van der Waals surface area contributed by atoms with Crippen LogP contribution in [0.25, 0.3) is 4.98 Å². The van der Waals surface area contributed by atoms with Gasteiger partial charge < -0.3 is 5.32 Å². The molecule has 2 rings (SSSR count). The fourth-order valence-corrected chi connectivity index (χ4v) is 2.42. The molecule has 0 aromatic heterocycles. The standard InChI is InChI=1S/C12H9N3O3S/c13-15-11-8-4-7-10(12(11)19(16,17)18)14-9-5-2-1-3-6-9/h1-8,14H/p+1. The topological polar surface area (TPSA) is 94.5 Å². The van der Waals surface area contributed by atoms with E-state index < -0.39 is 15.0 Å². The first-order chi connectivity index (χ1) is 9.02. The highest BCUT2D eigenvalue weighted by atomic mass is 32.2. The maximum Gasteiger partial charge on any atom is 0.408 e. The summed E-state index contributed by atoms with van der Waals surface area (Å²) in [5, 5.41) is 11.6. The summed E-state index contributed by atoms with van der Waals surface area (Å²) in [4.78, 5) is 2.39. The molecule has 2 N–H and O–H groups in total. The Morgan fingerprint density at radius 3 is 2.32 bits per heavy atom. The van der Waals surface area contributed by atoms with E-state index in [1.165, 1.54) is 18.2 Å². The van der Waals surface area contributed by atoms with Crippen LogP contribution in [0.2, 0.25) is 0 Å². The lowest BCUT2D eigenvalue weighted by Gasteiger charge is -2.08. The number of nitrogens with one attached hydrogen (secondary N) is 1. The van der Waals surface area contributed by atoms with Crippen LogP contribution in [0.15, 0.2) is 53.4 Å². The molecule has 0 heterocycles. The fourth-order valence-electron chi connectivity index (χ4n) is 1.65. The van der Waals surface area contributed by atoms with Crippen molar-refractivity contribution in [1.29, 1.82) is 5.39 Å². The van der Waals surface area contributed by atoms with Crippen LogP contribution in [0.1, 0.15) is 0 Å². The van der Waals surface area contributed by atoms with E-state index in [1.54, 1.807) is 24.3 Å². The molecule has 0 spiro atoms. The largest absolute Gasteiger partial charge is 0.408 e. The Hall–Kier alpha value is -2.43. The van der Waals surface area contributed by atoms with Gasteiger partial charge in [0.1, 0.15) is 0 Å². The van der Waals surface area contributed by atoms with E-state index in [-0.39, 0.29) is 11.4 Å². The highest BCUT2D eigenvalue weighted by molar-refractivity contribution is 7.86. The van der Waals surface area contributed by atoms with Crippen molar-refractivity contribution in [2.45, 2.75) is 4.90 Å². The van der Waals surface area contributed by atoms with Crippen LogP contribution in [0.3, 0.4) is 0 Å². The Bertz CT molecular complexity index is 737. The first kappa shape index (κ1) is 13.0. The Kier molecular flexibility index (Phi) is 3.46. The molecule has 19 heavy (non-hydrogen) atoms. The lowest BCUT2D eigenvalue weighted by atomic mass is 10.2. The normalized spacial score (nSPS) is 10.7. The van der Waals surface area contributed by atoms with Crippen LogP contribution in [-0.2, 0) is 10.1 Å². The number of nitrogens with zero attached hydrogens (tertiary/aromatic N) is 2. The number of rotatable bonds is 3. The number of benzene rings is 2. The highest BCUT2D eigenvalue weighted by Gasteiger charge is 2.28. The Morgan fingerprint density at radius 2 is 1.74 bits per heavy atom. The van der Waals surface area contributed by atoms with Gasteiger partial charge in [-0.3, -0.25) is 4.55 Å². The molecule has 0 aliphatic carbocycles. The zero-order valence-corrected chi connectivity index (χ0v) is 10.5. The number of diazo groups is 1. The monoisotopic (exact) mass is 276 g/mol. The van der Waals surface area contributed by atoms with E-state index in [2.05, 4.69) is 10.3 Å². The number of hydrogen-bond donors (Lipinski definition) is 2. The van der Waals surface area contributed by atoms with Crippen molar-refractivity contribution >= 4 is 27.2 Å². The number of para-hydroxylation sites is 1. The van der Waals surface area contributed by atoms with Gasteiger partial charge >= 0.3 is 15.8 Å². The average molecular weight is 276 g/mol. The molecule has 7 heteroatoms. The predicted molar refractivity (Wildman–Crippen MR) is 70.7 cm³/mol. The Morgan fingerprint density at radius 1 is 1.05 bits per heavy atom. The lowest BCUT2D eigenvalue weighted by Crippen LogP contribution is -2.03. The zero-order chi connectivity index (χ0) is 13.9. The van der Waals surface area contributed by atoms with Gasteiger partial charge in [0.2, 0.25) is 10.3 Å². The summed E-state index contributed by atoms with van der Waals surface area (Å²) < 4.78 is 32.0. The van der Waals surface area contributed by atoms with Crippen LogP contribution >= 0.6 is 0 Å². The van der Waals surface area contributed by atoms with Gasteiger partial charge in [0.05, 0.1) is 5.69 Å². The minimum atomic E-state index is -4.51. The second kappa shape index (κ2) is 5.06. The van der Waals surface area contributed by atoms with Crippen LogP contribution in [-0.4, -0.2) is 13.0 Å². The molecule has 0 fully saturated rings. The van der Waals surface area contributed by atoms with E-state index in [0.717, 1.165) is 0 Å². The summed E-state index contributed by atoms with van der Waals surface area (Å²) in [7, 11) is -4.51. The van der Waals surface area contributed by atoms with Crippen molar-refractivity contribution in [3.63, 3.8) is 0 Å². The molecule has 6 nitrogen and oxygen atoms in total. The molecule has 96 valence electrons. The van der Waals surface area contributed by atoms with Crippen LogP contribution in [0, 0.1) is 5.39 Å². The first-order valence-electron chi connectivity index (χ1n) is 5.30. The third-order valence-electron chi connectivity index (χ3n) is 2.41. The van der Waals surface area contributed by atoms with Crippen LogP contribution < -0.4 is 5.32 Å². The first-order valence-corrected chi connectivity index (χ1v) is 6.74. The molecule has 0 unspecified atom stereocenters. The van der Waals surface area contributed by atoms with Crippen LogP contribution in [0.4, 0.5) is 17.1 Å². The van der Waals surface area contributed by atoms with Gasteiger partial charge in [-0.05, 0) is 18.2 Å². The Labute approximate surface area is 110 Å². The summed E-state index contributed by atoms with van der Waals surface area (Å²) >= 11 is 0. The van der Waals surface area contributed by atoms with Crippen molar-refractivity contribution in [3.05, 3.63) is 53.5 Å². The number of hydrogen-bond acceptors (Lipinski definition) is 4. The Balaban J connectivity index is 2.56. The van der Waals surface area contributed by atoms with Crippen molar-refractivity contribution in [2.24, 2.45) is 0 Å². The summed E-state index contributed by atoms with van der Waals surface area (Å²) in [6.07, 6.45) is 0. The van der Waals surface area contributed by atoms with E-state index in [0.29, 0.717) is 5.69 Å². The minimum Gasteiger partial charge on any atom is -0.354 e. The van der Waals surface area contributed by atoms with Crippen molar-refractivity contribution in [3.8, 4) is 0 Å². The smallest absolute Gasteiger partial charge is 0.354 e. The predicted octanol–water partition coefficient (Wildman–Crippen LogP) is 3.16. The second-order valence-corrected chi connectivity index (χ2v) is 5.08. The molecule has 0 radical (unpaired) electrons. The molecule has 0 bridgehead atoms. The molecular weight excluding hydrogens is 266 g/mol.